The lowest BCUT2D eigenvalue weighted by atomic mass is 10.0. The highest BCUT2D eigenvalue weighted by Crippen LogP contribution is 2.31. The summed E-state index contributed by atoms with van der Waals surface area (Å²) in [5.41, 5.74) is 4.43. The molecule has 3 aromatic carbocycles. The number of imide groups is 1. The maximum atomic E-state index is 12.7. The van der Waals surface area contributed by atoms with E-state index in [1.807, 2.05) is 42.5 Å². The third-order valence-corrected chi connectivity index (χ3v) is 5.04. The van der Waals surface area contributed by atoms with E-state index in [9.17, 15) is 9.59 Å². The molecule has 1 aliphatic heterocycles. The summed E-state index contributed by atoms with van der Waals surface area (Å²) in [6.07, 6.45) is 1.98. The van der Waals surface area contributed by atoms with E-state index in [4.69, 9.17) is 11.6 Å². The van der Waals surface area contributed by atoms with Gasteiger partial charge in [0.25, 0.3) is 0 Å². The Kier molecular flexibility index (Phi) is 5.13. The van der Waals surface area contributed by atoms with E-state index in [1.165, 1.54) is 10.5 Å². The molecule has 4 nitrogen and oxygen atoms in total. The van der Waals surface area contributed by atoms with E-state index in [0.29, 0.717) is 16.4 Å². The fourth-order valence-corrected chi connectivity index (χ4v) is 3.62. The Balaban J connectivity index is 1.46. The number of fused-ring (bicyclic) bond motifs is 1. The van der Waals surface area contributed by atoms with Crippen molar-refractivity contribution in [1.82, 2.24) is 0 Å². The fraction of sp³-hybridized carbons (Fsp3) is 0.130. The fourth-order valence-electron chi connectivity index (χ4n) is 3.43. The van der Waals surface area contributed by atoms with E-state index in [-0.39, 0.29) is 12.3 Å². The van der Waals surface area contributed by atoms with Gasteiger partial charge in [0.2, 0.25) is 5.91 Å². The van der Waals surface area contributed by atoms with Crippen LogP contribution in [0.25, 0.3) is 0 Å². The first-order valence-corrected chi connectivity index (χ1v) is 9.53. The van der Waals surface area contributed by atoms with Crippen LogP contribution in [0.5, 0.6) is 0 Å². The van der Waals surface area contributed by atoms with Crippen molar-refractivity contribution in [3.8, 4) is 0 Å². The molecule has 0 saturated heterocycles. The van der Waals surface area contributed by atoms with Crippen LogP contribution in [0.15, 0.2) is 72.8 Å². The molecule has 1 aliphatic rings. The van der Waals surface area contributed by atoms with Crippen LogP contribution in [0, 0.1) is 0 Å². The van der Waals surface area contributed by atoms with E-state index in [1.54, 1.807) is 18.2 Å². The molecular formula is C23H19ClN2O2. The van der Waals surface area contributed by atoms with Crippen molar-refractivity contribution in [2.45, 2.75) is 19.3 Å². The molecule has 1 N–H and O–H groups in total. The van der Waals surface area contributed by atoms with Gasteiger partial charge in [-0.05, 0) is 59.9 Å². The van der Waals surface area contributed by atoms with Crippen LogP contribution >= 0.6 is 11.6 Å². The van der Waals surface area contributed by atoms with E-state index >= 15 is 0 Å². The molecule has 0 atom stereocenters. The summed E-state index contributed by atoms with van der Waals surface area (Å²) in [5.74, 6) is -0.255. The Morgan fingerprint density at radius 3 is 2.50 bits per heavy atom. The maximum Gasteiger partial charge on any atom is 0.333 e. The molecule has 0 spiro atoms. The largest absolute Gasteiger partial charge is 0.333 e. The lowest BCUT2D eigenvalue weighted by molar-refractivity contribution is -0.116. The molecule has 5 heteroatoms. The van der Waals surface area contributed by atoms with Gasteiger partial charge in [0.15, 0.2) is 0 Å². The van der Waals surface area contributed by atoms with Crippen molar-refractivity contribution in [2.75, 3.05) is 10.2 Å². The topological polar surface area (TPSA) is 49.4 Å². The minimum absolute atomic E-state index is 0.181. The highest BCUT2D eigenvalue weighted by atomic mass is 35.5. The molecule has 0 radical (unpaired) electrons. The van der Waals surface area contributed by atoms with E-state index < -0.39 is 6.03 Å². The van der Waals surface area contributed by atoms with Gasteiger partial charge in [0.1, 0.15) is 0 Å². The Morgan fingerprint density at radius 1 is 0.929 bits per heavy atom. The number of nitrogens with one attached hydrogen (secondary N) is 1. The van der Waals surface area contributed by atoms with Gasteiger partial charge in [-0.2, -0.15) is 0 Å². The monoisotopic (exact) mass is 390 g/mol. The van der Waals surface area contributed by atoms with Crippen LogP contribution in [0.1, 0.15) is 16.7 Å². The summed E-state index contributed by atoms with van der Waals surface area (Å²) in [5, 5.41) is 3.40. The van der Waals surface area contributed by atoms with Crippen molar-refractivity contribution in [1.29, 1.82) is 0 Å². The van der Waals surface area contributed by atoms with Crippen molar-refractivity contribution >= 4 is 34.9 Å². The lowest BCUT2D eigenvalue weighted by Crippen LogP contribution is -2.37. The predicted octanol–water partition coefficient (Wildman–Crippen LogP) is 5.25. The number of anilines is 2. The molecule has 0 fully saturated rings. The zero-order valence-corrected chi connectivity index (χ0v) is 15.9. The smallest absolute Gasteiger partial charge is 0.307 e. The Morgan fingerprint density at radius 2 is 1.68 bits per heavy atom. The SMILES string of the molecule is O=C1Cc2cc(Cl)ccc2N1C(=O)Nc1cccc(CCc2ccccc2)c1. The normalized spacial score (nSPS) is 12.8. The number of hydrogen-bond donors (Lipinski definition) is 1. The van der Waals surface area contributed by atoms with Crippen molar-refractivity contribution in [3.05, 3.63) is 94.5 Å². The molecule has 3 amide bonds. The molecule has 28 heavy (non-hydrogen) atoms. The van der Waals surface area contributed by atoms with Crippen LogP contribution in [0.3, 0.4) is 0 Å². The standard InChI is InChI=1S/C23H19ClN2O2/c24-19-11-12-21-18(14-19)15-22(27)26(21)23(28)25-20-8-4-7-17(13-20)10-9-16-5-2-1-3-6-16/h1-8,11-14H,9-10,15H2,(H,25,28). The van der Waals surface area contributed by atoms with E-state index in [0.717, 1.165) is 24.0 Å². The number of rotatable bonds is 4. The van der Waals surface area contributed by atoms with Crippen LogP contribution in [0.4, 0.5) is 16.2 Å². The molecule has 0 aromatic heterocycles. The molecule has 0 unspecified atom stereocenters. The highest BCUT2D eigenvalue weighted by Gasteiger charge is 2.32. The molecule has 0 bridgehead atoms. The third kappa shape index (κ3) is 3.92. The number of nitrogens with zero attached hydrogens (tertiary/aromatic N) is 1. The summed E-state index contributed by atoms with van der Waals surface area (Å²) in [7, 11) is 0. The number of amides is 3. The van der Waals surface area contributed by atoms with Crippen LogP contribution in [-0.2, 0) is 24.1 Å². The minimum Gasteiger partial charge on any atom is -0.307 e. The number of halogens is 1. The predicted molar refractivity (Wildman–Crippen MR) is 112 cm³/mol. The molecule has 140 valence electrons. The Labute approximate surface area is 168 Å². The average molecular weight is 391 g/mol. The van der Waals surface area contributed by atoms with Gasteiger partial charge in [-0.3, -0.25) is 4.79 Å². The van der Waals surface area contributed by atoms with Gasteiger partial charge in [0.05, 0.1) is 12.1 Å². The number of carbonyl (C=O) groups excluding carboxylic acids is 2. The first-order chi connectivity index (χ1) is 13.6. The van der Waals surface area contributed by atoms with Gasteiger partial charge in [-0.25, -0.2) is 9.69 Å². The molecule has 4 rings (SSSR count). The maximum absolute atomic E-state index is 12.7. The summed E-state index contributed by atoms with van der Waals surface area (Å²) in [4.78, 5) is 26.2. The molecule has 1 heterocycles. The molecule has 0 saturated carbocycles. The number of aryl methyl sites for hydroxylation is 2. The number of benzene rings is 3. The first-order valence-electron chi connectivity index (χ1n) is 9.15. The Hall–Kier alpha value is -3.11. The van der Waals surface area contributed by atoms with Gasteiger partial charge < -0.3 is 5.32 Å². The van der Waals surface area contributed by atoms with Gasteiger partial charge >= 0.3 is 6.03 Å². The van der Waals surface area contributed by atoms with Crippen molar-refractivity contribution in [2.24, 2.45) is 0 Å². The van der Waals surface area contributed by atoms with Crippen molar-refractivity contribution in [3.63, 3.8) is 0 Å². The third-order valence-electron chi connectivity index (χ3n) is 4.80. The summed E-state index contributed by atoms with van der Waals surface area (Å²) in [6, 6.07) is 22.7. The highest BCUT2D eigenvalue weighted by molar-refractivity contribution is 6.31. The number of urea groups is 1. The first kappa shape index (κ1) is 18.3. The second-order valence-corrected chi connectivity index (χ2v) is 7.23. The second-order valence-electron chi connectivity index (χ2n) is 6.80. The van der Waals surface area contributed by atoms with E-state index in [2.05, 4.69) is 17.4 Å². The Bertz CT molecular complexity index is 1030. The molecule has 3 aromatic rings. The number of hydrogen-bond acceptors (Lipinski definition) is 2. The van der Waals surface area contributed by atoms with Gasteiger partial charge in [-0.1, -0.05) is 54.1 Å². The summed E-state index contributed by atoms with van der Waals surface area (Å²) >= 11 is 5.99. The van der Waals surface area contributed by atoms with Crippen molar-refractivity contribution < 1.29 is 9.59 Å². The lowest BCUT2D eigenvalue weighted by Gasteiger charge is -2.17. The van der Waals surface area contributed by atoms with Gasteiger partial charge in [-0.15, -0.1) is 0 Å². The zero-order chi connectivity index (χ0) is 19.5. The van der Waals surface area contributed by atoms with Crippen LogP contribution < -0.4 is 10.2 Å². The average Bonchev–Trinajstić information content (AvgIpc) is 3.02. The molecular weight excluding hydrogens is 372 g/mol. The zero-order valence-electron chi connectivity index (χ0n) is 15.2. The summed E-state index contributed by atoms with van der Waals surface area (Å²) < 4.78 is 0. The van der Waals surface area contributed by atoms with Crippen LogP contribution in [0.2, 0.25) is 5.02 Å². The minimum atomic E-state index is -0.453. The van der Waals surface area contributed by atoms with Gasteiger partial charge in [0, 0.05) is 10.7 Å². The summed E-state index contributed by atoms with van der Waals surface area (Å²) in [6.45, 7) is 0. The quantitative estimate of drug-likeness (QED) is 0.661. The second kappa shape index (κ2) is 7.87. The number of carbonyl (C=O) groups is 2. The molecule has 0 aliphatic carbocycles. The van der Waals surface area contributed by atoms with Crippen LogP contribution in [-0.4, -0.2) is 11.9 Å².